The first-order valence-electron chi connectivity index (χ1n) is 7.09. The third kappa shape index (κ3) is 3.99. The SMILES string of the molecule is O=C(Cn1nnc(-c2ccc([N+](=O)[O-])cc2)n1)Nc1ccc(F)cc1. The van der Waals surface area contributed by atoms with Crippen LogP contribution in [0.2, 0.25) is 0 Å². The summed E-state index contributed by atoms with van der Waals surface area (Å²) in [5, 5.41) is 24.8. The highest BCUT2D eigenvalue weighted by atomic mass is 19.1. The molecule has 2 aromatic carbocycles. The number of rotatable bonds is 5. The number of anilines is 1. The molecule has 25 heavy (non-hydrogen) atoms. The van der Waals surface area contributed by atoms with Crippen LogP contribution in [0.5, 0.6) is 0 Å². The van der Waals surface area contributed by atoms with Gasteiger partial charge in [-0.3, -0.25) is 14.9 Å². The molecule has 0 unspecified atom stereocenters. The number of benzene rings is 2. The van der Waals surface area contributed by atoms with E-state index in [1.165, 1.54) is 48.5 Å². The maximum atomic E-state index is 12.8. The normalized spacial score (nSPS) is 10.4. The van der Waals surface area contributed by atoms with E-state index in [9.17, 15) is 19.3 Å². The van der Waals surface area contributed by atoms with E-state index < -0.39 is 16.6 Å². The third-order valence-corrected chi connectivity index (χ3v) is 3.20. The van der Waals surface area contributed by atoms with Crippen molar-refractivity contribution in [2.75, 3.05) is 5.32 Å². The lowest BCUT2D eigenvalue weighted by molar-refractivity contribution is -0.384. The molecule has 1 N–H and O–H groups in total. The Bertz CT molecular complexity index is 908. The molecule has 0 radical (unpaired) electrons. The maximum Gasteiger partial charge on any atom is 0.269 e. The molecular formula is C15H11FN6O3. The van der Waals surface area contributed by atoms with Gasteiger partial charge in [0.1, 0.15) is 12.4 Å². The van der Waals surface area contributed by atoms with Crippen molar-refractivity contribution in [3.63, 3.8) is 0 Å². The number of halogens is 1. The number of nitrogens with one attached hydrogen (secondary N) is 1. The van der Waals surface area contributed by atoms with E-state index in [2.05, 4.69) is 20.7 Å². The standard InChI is InChI=1S/C15H11FN6O3/c16-11-3-5-12(6-4-11)17-14(23)9-21-19-15(18-20-21)10-1-7-13(8-2-10)22(24)25/h1-8H,9H2,(H,17,23). The van der Waals surface area contributed by atoms with Gasteiger partial charge in [-0.1, -0.05) is 0 Å². The van der Waals surface area contributed by atoms with Crippen LogP contribution < -0.4 is 5.32 Å². The van der Waals surface area contributed by atoms with E-state index in [1.54, 1.807) is 0 Å². The Balaban J connectivity index is 1.65. The number of carbonyl (C=O) groups excluding carboxylic acids is 1. The van der Waals surface area contributed by atoms with Gasteiger partial charge < -0.3 is 5.32 Å². The van der Waals surface area contributed by atoms with Gasteiger partial charge in [-0.2, -0.15) is 4.80 Å². The summed E-state index contributed by atoms with van der Waals surface area (Å²) in [5.74, 6) is -0.563. The molecule has 0 saturated heterocycles. The Hall–Kier alpha value is -3.69. The number of non-ortho nitro benzene ring substituents is 1. The van der Waals surface area contributed by atoms with Crippen molar-refractivity contribution < 1.29 is 14.1 Å². The van der Waals surface area contributed by atoms with E-state index in [4.69, 9.17) is 0 Å². The molecule has 0 saturated carbocycles. The van der Waals surface area contributed by atoms with Crippen molar-refractivity contribution in [2.24, 2.45) is 0 Å². The number of aromatic nitrogens is 4. The molecule has 1 aromatic heterocycles. The molecule has 1 heterocycles. The number of nitro groups is 1. The number of tetrazole rings is 1. The molecule has 0 aliphatic carbocycles. The van der Waals surface area contributed by atoms with E-state index in [-0.39, 0.29) is 18.1 Å². The topological polar surface area (TPSA) is 116 Å². The Kier molecular flexibility index (Phi) is 4.42. The summed E-state index contributed by atoms with van der Waals surface area (Å²) >= 11 is 0. The van der Waals surface area contributed by atoms with Crippen LogP contribution in [0.25, 0.3) is 11.4 Å². The fraction of sp³-hybridized carbons (Fsp3) is 0.0667. The highest BCUT2D eigenvalue weighted by molar-refractivity contribution is 5.90. The lowest BCUT2D eigenvalue weighted by Gasteiger charge is -2.03. The van der Waals surface area contributed by atoms with Crippen molar-refractivity contribution in [3.8, 4) is 11.4 Å². The Morgan fingerprint density at radius 3 is 2.48 bits per heavy atom. The molecule has 10 heteroatoms. The molecule has 1 amide bonds. The number of carbonyl (C=O) groups is 1. The minimum atomic E-state index is -0.506. The molecule has 0 spiro atoms. The predicted octanol–water partition coefficient (Wildman–Crippen LogP) is 2.03. The van der Waals surface area contributed by atoms with Crippen LogP contribution in [-0.4, -0.2) is 31.0 Å². The number of hydrogen-bond donors (Lipinski definition) is 1. The van der Waals surface area contributed by atoms with Gasteiger partial charge in [0.15, 0.2) is 0 Å². The highest BCUT2D eigenvalue weighted by Gasteiger charge is 2.11. The summed E-state index contributed by atoms with van der Waals surface area (Å²) in [5.41, 5.74) is 0.938. The molecule has 3 rings (SSSR count). The first-order chi connectivity index (χ1) is 12.0. The van der Waals surface area contributed by atoms with Gasteiger partial charge in [-0.15, -0.1) is 10.2 Å². The van der Waals surface area contributed by atoms with Crippen molar-refractivity contribution in [3.05, 3.63) is 64.5 Å². The number of hydrogen-bond acceptors (Lipinski definition) is 6. The summed E-state index contributed by atoms with van der Waals surface area (Å²) < 4.78 is 12.8. The zero-order valence-electron chi connectivity index (χ0n) is 12.7. The Morgan fingerprint density at radius 2 is 1.84 bits per heavy atom. The summed E-state index contributed by atoms with van der Waals surface area (Å²) in [6.45, 7) is -0.183. The van der Waals surface area contributed by atoms with Crippen LogP contribution in [0.3, 0.4) is 0 Å². The minimum Gasteiger partial charge on any atom is -0.324 e. The number of nitro benzene ring substituents is 1. The molecule has 126 valence electrons. The summed E-state index contributed by atoms with van der Waals surface area (Å²) in [6.07, 6.45) is 0. The average molecular weight is 342 g/mol. The molecule has 0 fully saturated rings. The van der Waals surface area contributed by atoms with Crippen LogP contribution >= 0.6 is 0 Å². The smallest absolute Gasteiger partial charge is 0.269 e. The van der Waals surface area contributed by atoms with Crippen LogP contribution in [0, 0.1) is 15.9 Å². The van der Waals surface area contributed by atoms with Crippen molar-refractivity contribution in [1.82, 2.24) is 20.2 Å². The Morgan fingerprint density at radius 1 is 1.16 bits per heavy atom. The fourth-order valence-corrected chi connectivity index (χ4v) is 2.02. The van der Waals surface area contributed by atoms with Gasteiger partial charge in [0.05, 0.1) is 4.92 Å². The molecule has 3 aromatic rings. The minimum absolute atomic E-state index is 0.0465. The maximum absolute atomic E-state index is 12.8. The molecule has 0 bridgehead atoms. The van der Waals surface area contributed by atoms with Gasteiger partial charge in [0.25, 0.3) is 5.69 Å². The second-order valence-corrected chi connectivity index (χ2v) is 5.00. The summed E-state index contributed by atoms with van der Waals surface area (Å²) in [4.78, 5) is 23.1. The lowest BCUT2D eigenvalue weighted by atomic mass is 10.2. The summed E-state index contributed by atoms with van der Waals surface area (Å²) in [6, 6.07) is 11.0. The molecule has 9 nitrogen and oxygen atoms in total. The molecular weight excluding hydrogens is 331 g/mol. The molecule has 0 atom stereocenters. The van der Waals surface area contributed by atoms with Crippen molar-refractivity contribution >= 4 is 17.3 Å². The van der Waals surface area contributed by atoms with Crippen molar-refractivity contribution in [2.45, 2.75) is 6.54 Å². The zero-order chi connectivity index (χ0) is 17.8. The first kappa shape index (κ1) is 16.2. The van der Waals surface area contributed by atoms with E-state index in [0.29, 0.717) is 11.3 Å². The monoisotopic (exact) mass is 342 g/mol. The van der Waals surface area contributed by atoms with Crippen molar-refractivity contribution in [1.29, 1.82) is 0 Å². The van der Waals surface area contributed by atoms with E-state index in [0.717, 1.165) is 4.80 Å². The second-order valence-electron chi connectivity index (χ2n) is 5.00. The predicted molar refractivity (Wildman–Crippen MR) is 84.9 cm³/mol. The van der Waals surface area contributed by atoms with Crippen LogP contribution in [0.15, 0.2) is 48.5 Å². The second kappa shape index (κ2) is 6.83. The van der Waals surface area contributed by atoms with Gasteiger partial charge in [-0.25, -0.2) is 4.39 Å². The molecule has 0 aliphatic rings. The van der Waals surface area contributed by atoms with Crippen LogP contribution in [-0.2, 0) is 11.3 Å². The first-order valence-corrected chi connectivity index (χ1v) is 7.09. The molecule has 0 aliphatic heterocycles. The number of amides is 1. The average Bonchev–Trinajstić information content (AvgIpc) is 3.05. The summed E-state index contributed by atoms with van der Waals surface area (Å²) in [7, 11) is 0. The lowest BCUT2D eigenvalue weighted by Crippen LogP contribution is -2.20. The van der Waals surface area contributed by atoms with Crippen LogP contribution in [0.1, 0.15) is 0 Å². The zero-order valence-corrected chi connectivity index (χ0v) is 12.7. The third-order valence-electron chi connectivity index (χ3n) is 3.20. The number of nitrogens with zero attached hydrogens (tertiary/aromatic N) is 5. The van der Waals surface area contributed by atoms with Gasteiger partial charge >= 0.3 is 0 Å². The fourth-order valence-electron chi connectivity index (χ4n) is 2.02. The van der Waals surface area contributed by atoms with Crippen LogP contribution in [0.4, 0.5) is 15.8 Å². The van der Waals surface area contributed by atoms with Gasteiger partial charge in [0, 0.05) is 23.4 Å². The Labute approximate surface area is 140 Å². The van der Waals surface area contributed by atoms with E-state index >= 15 is 0 Å². The van der Waals surface area contributed by atoms with Gasteiger partial charge in [-0.05, 0) is 41.6 Å². The van der Waals surface area contributed by atoms with E-state index in [1.807, 2.05) is 0 Å². The quantitative estimate of drug-likeness (QED) is 0.560. The largest absolute Gasteiger partial charge is 0.324 e. The van der Waals surface area contributed by atoms with Gasteiger partial charge in [0.2, 0.25) is 11.7 Å². The highest BCUT2D eigenvalue weighted by Crippen LogP contribution is 2.18.